The molecule has 0 aromatic heterocycles. The molecule has 0 aliphatic heterocycles. The summed E-state index contributed by atoms with van der Waals surface area (Å²) in [7, 11) is -9.90. The summed E-state index contributed by atoms with van der Waals surface area (Å²) in [5, 5.41) is 10.6. The normalized spacial score (nSPS) is 14.8. The van der Waals surface area contributed by atoms with Crippen molar-refractivity contribution in [3.05, 3.63) is 0 Å². The quantitative estimate of drug-likeness (QED) is 0.0222. The van der Waals surface area contributed by atoms with Gasteiger partial charge in [-0.1, -0.05) is 306 Å². The van der Waals surface area contributed by atoms with Crippen molar-refractivity contribution < 1.29 is 80.2 Å². The molecule has 540 valence electrons. The van der Waals surface area contributed by atoms with Gasteiger partial charge in [0.1, 0.15) is 19.3 Å². The third kappa shape index (κ3) is 63.9. The van der Waals surface area contributed by atoms with Gasteiger partial charge in [0, 0.05) is 25.7 Å². The molecule has 0 aliphatic rings. The number of hydrogen-bond donors (Lipinski definition) is 3. The molecule has 0 bridgehead atoms. The minimum absolute atomic E-state index is 0.101. The average Bonchev–Trinajstić information content (AvgIpc) is 2.65. The zero-order valence-corrected chi connectivity index (χ0v) is 61.3. The van der Waals surface area contributed by atoms with Gasteiger partial charge in [0.25, 0.3) is 0 Å². The molecule has 0 fully saturated rings. The van der Waals surface area contributed by atoms with Crippen LogP contribution in [-0.2, 0) is 65.4 Å². The summed E-state index contributed by atoms with van der Waals surface area (Å²) >= 11 is 0. The van der Waals surface area contributed by atoms with Crippen LogP contribution >= 0.6 is 15.6 Å². The number of rotatable bonds is 69. The lowest BCUT2D eigenvalue weighted by molar-refractivity contribution is -0.161. The van der Waals surface area contributed by atoms with Crippen molar-refractivity contribution in [3.63, 3.8) is 0 Å². The van der Waals surface area contributed by atoms with Gasteiger partial charge in [-0.2, -0.15) is 0 Å². The molecule has 0 aromatic carbocycles. The van der Waals surface area contributed by atoms with Crippen LogP contribution in [-0.4, -0.2) is 96.7 Å². The average molecular weight is 1340 g/mol. The molecule has 0 aliphatic carbocycles. The predicted octanol–water partition coefficient (Wildman–Crippen LogP) is 20.5. The van der Waals surface area contributed by atoms with Crippen molar-refractivity contribution in [2.75, 3.05) is 39.6 Å². The van der Waals surface area contributed by atoms with E-state index in [0.717, 1.165) is 115 Å². The summed E-state index contributed by atoms with van der Waals surface area (Å²) in [6, 6.07) is 0. The Kier molecular flexibility index (Phi) is 60.3. The van der Waals surface area contributed by atoms with Gasteiger partial charge in [0.05, 0.1) is 26.4 Å². The van der Waals surface area contributed by atoms with Crippen molar-refractivity contribution in [3.8, 4) is 0 Å². The second-order valence-corrected chi connectivity index (χ2v) is 30.3. The molecule has 0 aromatic rings. The van der Waals surface area contributed by atoms with E-state index in [1.807, 2.05) is 0 Å². The van der Waals surface area contributed by atoms with Crippen LogP contribution in [0.2, 0.25) is 0 Å². The van der Waals surface area contributed by atoms with E-state index in [2.05, 4.69) is 55.4 Å². The smallest absolute Gasteiger partial charge is 0.462 e. The van der Waals surface area contributed by atoms with Crippen molar-refractivity contribution in [2.24, 2.45) is 23.7 Å². The molecule has 0 radical (unpaired) electrons. The fourth-order valence-electron chi connectivity index (χ4n) is 10.8. The number of phosphoric acid groups is 2. The Morgan fingerprint density at radius 1 is 0.308 bits per heavy atom. The largest absolute Gasteiger partial charge is 0.472 e. The molecule has 17 nitrogen and oxygen atoms in total. The van der Waals surface area contributed by atoms with E-state index in [9.17, 15) is 43.2 Å². The molecule has 19 heteroatoms. The Bertz CT molecular complexity index is 1800. The first kappa shape index (κ1) is 89.1. The van der Waals surface area contributed by atoms with Gasteiger partial charge in [0.15, 0.2) is 12.2 Å². The molecule has 7 atom stereocenters. The highest BCUT2D eigenvalue weighted by molar-refractivity contribution is 7.47. The Labute approximate surface area is 556 Å². The number of aliphatic hydroxyl groups is 1. The van der Waals surface area contributed by atoms with E-state index in [-0.39, 0.29) is 25.7 Å². The number of carbonyl (C=O) groups excluding carboxylic acids is 4. The van der Waals surface area contributed by atoms with Crippen molar-refractivity contribution in [1.82, 2.24) is 0 Å². The Morgan fingerprint density at radius 3 is 0.780 bits per heavy atom. The number of esters is 4. The maximum atomic E-state index is 13.0. The highest BCUT2D eigenvalue weighted by Crippen LogP contribution is 2.45. The summed E-state index contributed by atoms with van der Waals surface area (Å²) in [5.41, 5.74) is 0. The van der Waals surface area contributed by atoms with Gasteiger partial charge in [-0.15, -0.1) is 0 Å². The summed E-state index contributed by atoms with van der Waals surface area (Å²) in [4.78, 5) is 72.5. The maximum absolute atomic E-state index is 13.0. The summed E-state index contributed by atoms with van der Waals surface area (Å²) in [6.45, 7) is 14.0. The molecule has 0 spiro atoms. The van der Waals surface area contributed by atoms with Gasteiger partial charge in [-0.05, 0) is 49.4 Å². The molecule has 0 saturated carbocycles. The van der Waals surface area contributed by atoms with Crippen LogP contribution in [0.3, 0.4) is 0 Å². The van der Waals surface area contributed by atoms with Gasteiger partial charge in [0.2, 0.25) is 0 Å². The molecule has 4 unspecified atom stereocenters. The SMILES string of the molecule is CCC(C)CCCCCCCCCCCCCCCCCCCCC(=O)O[C@H](COC(=O)CCCCCCCCC(C)CC)COP(=O)(O)OC[C@H](O)COP(=O)(O)OC[C@@H](COC(=O)CCCCCCCCCC(C)C)OC(=O)CCCCCCCCC(C)C. The number of ether oxygens (including phenoxy) is 4. The number of phosphoric ester groups is 2. The monoisotopic (exact) mass is 1340 g/mol. The first-order chi connectivity index (χ1) is 43.7. The summed E-state index contributed by atoms with van der Waals surface area (Å²) in [5.74, 6) is 0.842. The Morgan fingerprint density at radius 2 is 0.527 bits per heavy atom. The highest BCUT2D eigenvalue weighted by Gasteiger charge is 2.30. The van der Waals surface area contributed by atoms with Gasteiger partial charge in [-0.3, -0.25) is 37.3 Å². The van der Waals surface area contributed by atoms with Gasteiger partial charge >= 0.3 is 39.5 Å². The Hall–Kier alpha value is -1.94. The van der Waals surface area contributed by atoms with Crippen LogP contribution in [0.15, 0.2) is 0 Å². The maximum Gasteiger partial charge on any atom is 0.472 e. The van der Waals surface area contributed by atoms with E-state index in [0.29, 0.717) is 37.5 Å². The first-order valence-corrected chi connectivity index (χ1v) is 40.3. The third-order valence-electron chi connectivity index (χ3n) is 17.3. The molecule has 3 N–H and O–H groups in total. The second-order valence-electron chi connectivity index (χ2n) is 27.4. The lowest BCUT2D eigenvalue weighted by Crippen LogP contribution is -2.30. The van der Waals surface area contributed by atoms with Crippen LogP contribution in [0.5, 0.6) is 0 Å². The van der Waals surface area contributed by atoms with E-state index < -0.39 is 97.5 Å². The minimum Gasteiger partial charge on any atom is -0.462 e. The Balaban J connectivity index is 5.13. The lowest BCUT2D eigenvalue weighted by Gasteiger charge is -2.21. The number of aliphatic hydroxyl groups excluding tert-OH is 1. The van der Waals surface area contributed by atoms with Crippen LogP contribution in [0, 0.1) is 23.7 Å². The van der Waals surface area contributed by atoms with E-state index in [1.165, 1.54) is 148 Å². The third-order valence-corrected chi connectivity index (χ3v) is 19.2. The number of unbranched alkanes of at least 4 members (excludes halogenated alkanes) is 33. The molecular weight excluding hydrogens is 1200 g/mol. The first-order valence-electron chi connectivity index (χ1n) is 37.3. The topological polar surface area (TPSA) is 237 Å². The fourth-order valence-corrected chi connectivity index (χ4v) is 12.4. The second kappa shape index (κ2) is 61.6. The summed E-state index contributed by atoms with van der Waals surface area (Å²) in [6.07, 6.45) is 44.9. The van der Waals surface area contributed by atoms with E-state index in [1.54, 1.807) is 0 Å². The molecule has 0 saturated heterocycles. The fraction of sp³-hybridized carbons (Fsp3) is 0.944. The van der Waals surface area contributed by atoms with Crippen molar-refractivity contribution in [1.29, 1.82) is 0 Å². The number of hydrogen-bond acceptors (Lipinski definition) is 15. The zero-order valence-electron chi connectivity index (χ0n) is 59.5. The van der Waals surface area contributed by atoms with Crippen molar-refractivity contribution >= 4 is 39.5 Å². The standard InChI is InChI=1S/C72H140O17P2/c1-9-64(7)50-42-34-25-21-19-17-15-13-11-12-14-16-18-20-22-26-38-46-54-71(76)88-67(59-83-70(75)53-45-37-31-29-35-43-51-65(8)10-2)60-86-90(78,79)84-56-66(73)57-85-91(80,81)87-61-68(89-72(77)55-47-39-30-28-33-41-49-63(5)6)58-82-69(74)52-44-36-27-23-24-32-40-48-62(3)4/h62-68,73H,9-61H2,1-8H3,(H,78,79)(H,80,81)/t64?,65?,66-,67+,68+/m0/s1. The molecule has 0 rings (SSSR count). The van der Waals surface area contributed by atoms with Crippen LogP contribution < -0.4 is 0 Å². The van der Waals surface area contributed by atoms with Gasteiger partial charge < -0.3 is 33.8 Å². The molecule has 91 heavy (non-hydrogen) atoms. The number of carbonyl (C=O) groups is 4. The molecule has 0 heterocycles. The lowest BCUT2D eigenvalue weighted by atomic mass is 9.99. The van der Waals surface area contributed by atoms with Gasteiger partial charge in [-0.25, -0.2) is 9.13 Å². The highest BCUT2D eigenvalue weighted by atomic mass is 31.2. The van der Waals surface area contributed by atoms with Crippen LogP contribution in [0.4, 0.5) is 0 Å². The zero-order chi connectivity index (χ0) is 67.5. The van der Waals surface area contributed by atoms with Crippen LogP contribution in [0.1, 0.15) is 357 Å². The summed E-state index contributed by atoms with van der Waals surface area (Å²) < 4.78 is 68.2. The van der Waals surface area contributed by atoms with Crippen LogP contribution in [0.25, 0.3) is 0 Å². The van der Waals surface area contributed by atoms with Crippen molar-refractivity contribution in [2.45, 2.75) is 375 Å². The van der Waals surface area contributed by atoms with E-state index >= 15 is 0 Å². The molecular formula is C72H140O17P2. The van der Waals surface area contributed by atoms with E-state index in [4.69, 9.17) is 37.0 Å². The predicted molar refractivity (Wildman–Crippen MR) is 367 cm³/mol. The minimum atomic E-state index is -4.95. The molecule has 0 amide bonds.